The summed E-state index contributed by atoms with van der Waals surface area (Å²) in [5, 5.41) is 0. The van der Waals surface area contributed by atoms with Gasteiger partial charge in [0.2, 0.25) is 0 Å². The first-order chi connectivity index (χ1) is 6.72. The number of nitrogens with zero attached hydrogens (tertiary/aromatic N) is 2. The summed E-state index contributed by atoms with van der Waals surface area (Å²) in [4.78, 5) is 16.8. The maximum absolute atomic E-state index is 11.3. The Morgan fingerprint density at radius 1 is 1.86 bits per heavy atom. The van der Waals surface area contributed by atoms with Crippen molar-refractivity contribution in [3.63, 3.8) is 0 Å². The zero-order chi connectivity index (χ0) is 10.1. The van der Waals surface area contributed by atoms with E-state index in [-0.39, 0.29) is 18.3 Å². The molecule has 0 aromatic rings. The molecular formula is C8H11N3O3. The van der Waals surface area contributed by atoms with Gasteiger partial charge in [-0.15, -0.1) is 0 Å². The van der Waals surface area contributed by atoms with E-state index < -0.39 is 6.09 Å². The summed E-state index contributed by atoms with van der Waals surface area (Å²) in [7, 11) is 1.33. The maximum Gasteiger partial charge on any atom is 0.411 e. The first-order valence-electron chi connectivity index (χ1n) is 4.23. The van der Waals surface area contributed by atoms with Crippen LogP contribution < -0.4 is 5.73 Å². The molecule has 6 heteroatoms. The minimum absolute atomic E-state index is 0.112. The molecule has 2 aliphatic rings. The molecule has 2 aliphatic heterocycles. The molecule has 2 atom stereocenters. The second-order valence-electron chi connectivity index (χ2n) is 3.01. The molecule has 0 aliphatic carbocycles. The average molecular weight is 197 g/mol. The van der Waals surface area contributed by atoms with Crippen LogP contribution in [0.5, 0.6) is 0 Å². The Labute approximate surface area is 81.0 Å². The van der Waals surface area contributed by atoms with Gasteiger partial charge < -0.3 is 15.2 Å². The van der Waals surface area contributed by atoms with Crippen LogP contribution in [-0.4, -0.2) is 42.9 Å². The number of hydrogen-bond acceptors (Lipinski definition) is 5. The molecule has 0 unspecified atom stereocenters. The van der Waals surface area contributed by atoms with Crippen molar-refractivity contribution < 1.29 is 14.3 Å². The summed E-state index contributed by atoms with van der Waals surface area (Å²) in [5.74, 6) is 0. The molecule has 14 heavy (non-hydrogen) atoms. The second-order valence-corrected chi connectivity index (χ2v) is 3.01. The van der Waals surface area contributed by atoms with Crippen molar-refractivity contribution in [2.45, 2.75) is 12.3 Å². The molecule has 76 valence electrons. The highest BCUT2D eigenvalue weighted by Crippen LogP contribution is 2.21. The lowest BCUT2D eigenvalue weighted by Crippen LogP contribution is -2.46. The van der Waals surface area contributed by atoms with Gasteiger partial charge in [-0.25, -0.2) is 9.79 Å². The van der Waals surface area contributed by atoms with Crippen molar-refractivity contribution in [1.82, 2.24) is 4.90 Å². The first kappa shape index (κ1) is 8.86. The zero-order valence-electron chi connectivity index (χ0n) is 7.71. The van der Waals surface area contributed by atoms with Crippen LogP contribution in [0.3, 0.4) is 0 Å². The van der Waals surface area contributed by atoms with E-state index in [1.807, 2.05) is 12.2 Å². The van der Waals surface area contributed by atoms with E-state index in [9.17, 15) is 4.79 Å². The Kier molecular flexibility index (Phi) is 2.03. The Bertz CT molecular complexity index is 313. The number of fused-ring (bicyclic) bond motifs is 1. The highest BCUT2D eigenvalue weighted by molar-refractivity contribution is 5.76. The number of carbonyl (C=O) groups excluding carboxylic acids is 1. The predicted molar refractivity (Wildman–Crippen MR) is 48.5 cm³/mol. The van der Waals surface area contributed by atoms with Crippen LogP contribution >= 0.6 is 0 Å². The summed E-state index contributed by atoms with van der Waals surface area (Å²) in [5.41, 5.74) is 5.41. The van der Waals surface area contributed by atoms with Crippen LogP contribution in [-0.2, 0) is 9.47 Å². The third-order valence-corrected chi connectivity index (χ3v) is 2.17. The molecule has 0 bridgehead atoms. The molecule has 0 aromatic heterocycles. The van der Waals surface area contributed by atoms with Gasteiger partial charge in [-0.1, -0.05) is 6.08 Å². The summed E-state index contributed by atoms with van der Waals surface area (Å²) >= 11 is 0. The number of carbonyl (C=O) groups is 1. The van der Waals surface area contributed by atoms with E-state index >= 15 is 0 Å². The quantitative estimate of drug-likeness (QED) is 0.539. The molecule has 2 N–H and O–H groups in total. The Hall–Kier alpha value is -1.72. The lowest BCUT2D eigenvalue weighted by Gasteiger charge is -2.29. The van der Waals surface area contributed by atoms with Gasteiger partial charge in [0.1, 0.15) is 0 Å². The molecule has 0 aromatic carbocycles. The van der Waals surface area contributed by atoms with E-state index in [0.29, 0.717) is 6.54 Å². The van der Waals surface area contributed by atoms with Gasteiger partial charge in [0.05, 0.1) is 7.11 Å². The number of hydrogen-bond donors (Lipinski definition) is 1. The SMILES string of the molecule is COC(=O)N1CC=C[C@@H]2OC(N)=N[C@@H]21. The Morgan fingerprint density at radius 3 is 3.36 bits per heavy atom. The third kappa shape index (κ3) is 1.28. The van der Waals surface area contributed by atoms with E-state index in [0.717, 1.165) is 0 Å². The van der Waals surface area contributed by atoms with Crippen LogP contribution in [0.1, 0.15) is 0 Å². The van der Waals surface area contributed by atoms with E-state index in [4.69, 9.17) is 10.5 Å². The molecule has 0 saturated carbocycles. The van der Waals surface area contributed by atoms with Gasteiger partial charge in [0, 0.05) is 6.54 Å². The fourth-order valence-corrected chi connectivity index (χ4v) is 1.54. The molecule has 1 amide bonds. The number of methoxy groups -OCH3 is 1. The lowest BCUT2D eigenvalue weighted by molar-refractivity contribution is 0.0831. The molecule has 0 fully saturated rings. The zero-order valence-corrected chi connectivity index (χ0v) is 7.71. The smallest absolute Gasteiger partial charge is 0.411 e. The molecule has 0 spiro atoms. The van der Waals surface area contributed by atoms with Gasteiger partial charge in [0.15, 0.2) is 12.3 Å². The highest BCUT2D eigenvalue weighted by Gasteiger charge is 2.37. The van der Waals surface area contributed by atoms with Crippen molar-refractivity contribution in [2.24, 2.45) is 10.7 Å². The Balaban J connectivity index is 2.20. The lowest BCUT2D eigenvalue weighted by atomic mass is 10.2. The molecule has 2 rings (SSSR count). The van der Waals surface area contributed by atoms with Crippen LogP contribution in [0.15, 0.2) is 17.1 Å². The van der Waals surface area contributed by atoms with Crippen molar-refractivity contribution in [2.75, 3.05) is 13.7 Å². The van der Waals surface area contributed by atoms with Crippen LogP contribution in [0.4, 0.5) is 4.79 Å². The number of aliphatic imine (C=N–C) groups is 1. The van der Waals surface area contributed by atoms with Crippen molar-refractivity contribution in [3.8, 4) is 0 Å². The number of ether oxygens (including phenoxy) is 2. The summed E-state index contributed by atoms with van der Waals surface area (Å²) in [6.45, 7) is 0.466. The fourth-order valence-electron chi connectivity index (χ4n) is 1.54. The predicted octanol–water partition coefficient (Wildman–Crippen LogP) is -0.336. The number of nitrogens with two attached hydrogens (primary N) is 1. The normalized spacial score (nSPS) is 29.2. The summed E-state index contributed by atoms with van der Waals surface area (Å²) < 4.78 is 9.80. The van der Waals surface area contributed by atoms with Crippen molar-refractivity contribution in [3.05, 3.63) is 12.2 Å². The molecule has 6 nitrogen and oxygen atoms in total. The number of amidine groups is 1. The fraction of sp³-hybridized carbons (Fsp3) is 0.500. The van der Waals surface area contributed by atoms with Crippen molar-refractivity contribution in [1.29, 1.82) is 0 Å². The van der Waals surface area contributed by atoms with E-state index in [2.05, 4.69) is 9.73 Å². The van der Waals surface area contributed by atoms with E-state index in [1.165, 1.54) is 12.0 Å². The highest BCUT2D eigenvalue weighted by atomic mass is 16.5. The van der Waals surface area contributed by atoms with Gasteiger partial charge >= 0.3 is 6.09 Å². The molecular weight excluding hydrogens is 186 g/mol. The van der Waals surface area contributed by atoms with Crippen LogP contribution in [0.2, 0.25) is 0 Å². The van der Waals surface area contributed by atoms with Crippen LogP contribution in [0, 0.1) is 0 Å². The van der Waals surface area contributed by atoms with Gasteiger partial charge in [-0.3, -0.25) is 4.90 Å². The standard InChI is InChI=1S/C8H11N3O3/c1-13-8(12)11-4-2-3-5-6(11)10-7(9)14-5/h2-3,5-6H,4H2,1H3,(H2,9,10)/t5-,6+/m0/s1. The number of amides is 1. The minimum Gasteiger partial charge on any atom is -0.454 e. The third-order valence-electron chi connectivity index (χ3n) is 2.17. The summed E-state index contributed by atoms with van der Waals surface area (Å²) in [6, 6.07) is 0.112. The monoisotopic (exact) mass is 197 g/mol. The minimum atomic E-state index is -0.425. The molecule has 0 saturated heterocycles. The van der Waals surface area contributed by atoms with Gasteiger partial charge in [-0.05, 0) is 6.08 Å². The second kappa shape index (κ2) is 3.21. The van der Waals surface area contributed by atoms with Crippen LogP contribution in [0.25, 0.3) is 0 Å². The topological polar surface area (TPSA) is 77.1 Å². The molecule has 0 radical (unpaired) electrons. The summed E-state index contributed by atoms with van der Waals surface area (Å²) in [6.07, 6.45) is 2.58. The maximum atomic E-state index is 11.3. The first-order valence-corrected chi connectivity index (χ1v) is 4.23. The largest absolute Gasteiger partial charge is 0.454 e. The van der Waals surface area contributed by atoms with Gasteiger partial charge in [-0.2, -0.15) is 0 Å². The van der Waals surface area contributed by atoms with Crippen molar-refractivity contribution >= 4 is 12.1 Å². The van der Waals surface area contributed by atoms with E-state index in [1.54, 1.807) is 0 Å². The average Bonchev–Trinajstić information content (AvgIpc) is 2.56. The number of rotatable bonds is 0. The Morgan fingerprint density at radius 2 is 2.64 bits per heavy atom. The van der Waals surface area contributed by atoms with Gasteiger partial charge in [0.25, 0.3) is 6.02 Å². The molecule has 2 heterocycles.